The van der Waals surface area contributed by atoms with Crippen LogP contribution >= 0.6 is 0 Å². The van der Waals surface area contributed by atoms with E-state index in [1.165, 1.54) is 31.1 Å². The van der Waals surface area contributed by atoms with Crippen molar-refractivity contribution >= 4 is 8.07 Å². The maximum atomic E-state index is 8.95. The summed E-state index contributed by atoms with van der Waals surface area (Å²) in [5.74, 6) is 0. The van der Waals surface area contributed by atoms with E-state index in [1.807, 2.05) is 0 Å². The van der Waals surface area contributed by atoms with Gasteiger partial charge < -0.3 is 33.6 Å². The van der Waals surface area contributed by atoms with Gasteiger partial charge in [0.25, 0.3) is 0 Å². The van der Waals surface area contributed by atoms with Gasteiger partial charge >= 0.3 is 0 Å². The van der Waals surface area contributed by atoms with Crippen LogP contribution in [0.4, 0.5) is 0 Å². The summed E-state index contributed by atoms with van der Waals surface area (Å²) in [4.78, 5) is 0. The van der Waals surface area contributed by atoms with E-state index in [2.05, 4.69) is 34.5 Å². The van der Waals surface area contributed by atoms with Gasteiger partial charge in [-0.3, -0.25) is 0 Å². The van der Waals surface area contributed by atoms with Crippen molar-refractivity contribution < 1.29 is 33.6 Å². The van der Waals surface area contributed by atoms with E-state index in [1.54, 1.807) is 0 Å². The van der Waals surface area contributed by atoms with Crippen molar-refractivity contribution in [1.82, 2.24) is 0 Å². The average Bonchev–Trinajstić information content (AvgIpc) is 2.17. The van der Waals surface area contributed by atoms with Gasteiger partial charge in [0.2, 0.25) is 0 Å². The molecule has 100 valence electrons. The molecule has 0 atom stereocenters. The lowest BCUT2D eigenvalue weighted by Crippen LogP contribution is -3.00. The van der Waals surface area contributed by atoms with Crippen molar-refractivity contribution in [3.63, 3.8) is 0 Å². The SMILES string of the molecule is CC[Si](C)(CC)CCC[N+](C)(C)CCO.[I-]. The average molecular weight is 359 g/mol. The normalized spacial score (nSPS) is 12.4. The molecule has 0 rings (SSSR count). The zero-order chi connectivity index (χ0) is 11.9. The van der Waals surface area contributed by atoms with Crippen LogP contribution in [0.2, 0.25) is 24.7 Å². The van der Waals surface area contributed by atoms with E-state index in [4.69, 9.17) is 5.11 Å². The van der Waals surface area contributed by atoms with E-state index >= 15 is 0 Å². The first-order chi connectivity index (χ1) is 6.89. The van der Waals surface area contributed by atoms with Gasteiger partial charge in [0.1, 0.15) is 6.54 Å². The summed E-state index contributed by atoms with van der Waals surface area (Å²) in [6.45, 7) is 9.63. The summed E-state index contributed by atoms with van der Waals surface area (Å²) in [6, 6.07) is 4.28. The number of quaternary nitrogens is 1. The van der Waals surface area contributed by atoms with Crippen LogP contribution in [0.15, 0.2) is 0 Å². The highest BCUT2D eigenvalue weighted by Gasteiger charge is 2.23. The number of nitrogens with zero attached hydrogens (tertiary/aromatic N) is 1. The monoisotopic (exact) mass is 359 g/mol. The Balaban J connectivity index is 0. The molecule has 1 N–H and O–H groups in total. The van der Waals surface area contributed by atoms with Gasteiger partial charge in [-0.25, -0.2) is 0 Å². The molecule has 0 aliphatic carbocycles. The Morgan fingerprint density at radius 3 is 1.94 bits per heavy atom. The number of halogens is 1. The van der Waals surface area contributed by atoms with Gasteiger partial charge in [0.05, 0.1) is 35.3 Å². The van der Waals surface area contributed by atoms with Crippen LogP contribution in [0.1, 0.15) is 20.3 Å². The summed E-state index contributed by atoms with van der Waals surface area (Å²) >= 11 is 0. The van der Waals surface area contributed by atoms with Gasteiger partial charge in [0.15, 0.2) is 0 Å². The molecule has 0 heterocycles. The second-order valence-electron chi connectivity index (χ2n) is 5.73. The maximum Gasteiger partial charge on any atom is 0.102 e. The highest BCUT2D eigenvalue weighted by Crippen LogP contribution is 2.22. The predicted octanol–water partition coefficient (Wildman–Crippen LogP) is -0.432. The Morgan fingerprint density at radius 1 is 1.06 bits per heavy atom. The molecule has 0 aromatic rings. The molecule has 0 bridgehead atoms. The van der Waals surface area contributed by atoms with Crippen molar-refractivity contribution in [1.29, 1.82) is 0 Å². The molecule has 0 saturated carbocycles. The minimum atomic E-state index is -0.893. The summed E-state index contributed by atoms with van der Waals surface area (Å²) in [5.41, 5.74) is 0. The maximum absolute atomic E-state index is 8.95. The minimum Gasteiger partial charge on any atom is -1.00 e. The molecule has 0 unspecified atom stereocenters. The zero-order valence-electron chi connectivity index (χ0n) is 11.7. The van der Waals surface area contributed by atoms with Crippen molar-refractivity contribution in [3.8, 4) is 0 Å². The lowest BCUT2D eigenvalue weighted by Gasteiger charge is -2.31. The molecule has 16 heavy (non-hydrogen) atoms. The Morgan fingerprint density at radius 2 is 1.56 bits per heavy atom. The van der Waals surface area contributed by atoms with Crippen molar-refractivity contribution in [2.45, 2.75) is 44.9 Å². The fourth-order valence-corrected chi connectivity index (χ4v) is 4.14. The molecule has 2 nitrogen and oxygen atoms in total. The van der Waals surface area contributed by atoms with Gasteiger partial charge in [0, 0.05) is 0 Å². The number of hydrogen-bond acceptors (Lipinski definition) is 1. The minimum absolute atomic E-state index is 0. The number of likely N-dealkylation sites (N-methyl/N-ethyl adjacent to an activating group) is 1. The van der Waals surface area contributed by atoms with Crippen LogP contribution < -0.4 is 24.0 Å². The van der Waals surface area contributed by atoms with E-state index in [-0.39, 0.29) is 24.0 Å². The number of rotatable bonds is 8. The van der Waals surface area contributed by atoms with Crippen LogP contribution in [0.25, 0.3) is 0 Å². The molecule has 0 aromatic carbocycles. The van der Waals surface area contributed by atoms with E-state index < -0.39 is 8.07 Å². The highest BCUT2D eigenvalue weighted by molar-refractivity contribution is 6.78. The fraction of sp³-hybridized carbons (Fsp3) is 1.00. The standard InChI is InChI=1S/C12H30NOSi.HI/c1-6-15(5,7-2)12-8-9-13(3,4)10-11-14;/h14H,6-12H2,1-5H3;1H/q+1;/p-1. The van der Waals surface area contributed by atoms with Crippen LogP contribution in [0.3, 0.4) is 0 Å². The summed E-state index contributed by atoms with van der Waals surface area (Å²) in [6.07, 6.45) is 1.33. The number of aliphatic hydroxyl groups is 1. The first-order valence-electron chi connectivity index (χ1n) is 6.32. The second kappa shape index (κ2) is 8.89. The third-order valence-corrected chi connectivity index (χ3v) is 8.93. The van der Waals surface area contributed by atoms with E-state index in [0.717, 1.165) is 11.0 Å². The summed E-state index contributed by atoms with van der Waals surface area (Å²) < 4.78 is 0.967. The first-order valence-corrected chi connectivity index (χ1v) is 9.44. The first kappa shape index (κ1) is 19.2. The topological polar surface area (TPSA) is 20.2 Å². The molecule has 0 radical (unpaired) electrons. The third kappa shape index (κ3) is 8.03. The molecule has 0 saturated heterocycles. The molecule has 4 heteroatoms. The Hall–Kier alpha value is 0.867. The zero-order valence-corrected chi connectivity index (χ0v) is 14.9. The van der Waals surface area contributed by atoms with Crippen molar-refractivity contribution in [2.75, 3.05) is 33.8 Å². The number of hydrogen-bond donors (Lipinski definition) is 1. The van der Waals surface area contributed by atoms with E-state index in [9.17, 15) is 0 Å². The van der Waals surface area contributed by atoms with Crippen LogP contribution in [-0.2, 0) is 0 Å². The quantitative estimate of drug-likeness (QED) is 0.354. The molecule has 0 aliphatic rings. The molecule has 0 fully saturated rings. The summed E-state index contributed by atoms with van der Waals surface area (Å²) in [7, 11) is 3.54. The molecular weight excluding hydrogens is 329 g/mol. The summed E-state index contributed by atoms with van der Waals surface area (Å²) in [5, 5.41) is 8.95. The van der Waals surface area contributed by atoms with Gasteiger partial charge in [-0.15, -0.1) is 0 Å². The second-order valence-corrected chi connectivity index (χ2v) is 11.3. The molecule has 0 spiro atoms. The Bertz CT molecular complexity index is 172. The van der Waals surface area contributed by atoms with Gasteiger partial charge in [-0.2, -0.15) is 0 Å². The van der Waals surface area contributed by atoms with Gasteiger partial charge in [-0.1, -0.05) is 38.5 Å². The lowest BCUT2D eigenvalue weighted by atomic mass is 10.4. The third-order valence-electron chi connectivity index (χ3n) is 3.96. The van der Waals surface area contributed by atoms with E-state index in [0.29, 0.717) is 6.61 Å². The van der Waals surface area contributed by atoms with Crippen molar-refractivity contribution in [3.05, 3.63) is 0 Å². The van der Waals surface area contributed by atoms with Crippen LogP contribution in [0, 0.1) is 0 Å². The lowest BCUT2D eigenvalue weighted by molar-refractivity contribution is -0.890. The molecule has 0 aromatic heterocycles. The highest BCUT2D eigenvalue weighted by atomic mass is 127. The van der Waals surface area contributed by atoms with Crippen molar-refractivity contribution in [2.24, 2.45) is 0 Å². The molecule has 0 aliphatic heterocycles. The molecular formula is C12H30INOSi. The van der Waals surface area contributed by atoms with Gasteiger partial charge in [-0.05, 0) is 6.42 Å². The Labute approximate surface area is 120 Å². The Kier molecular flexibility index (Phi) is 10.7. The van der Waals surface area contributed by atoms with Crippen LogP contribution in [-0.4, -0.2) is 51.5 Å². The smallest absolute Gasteiger partial charge is 0.102 e. The molecule has 0 amide bonds. The largest absolute Gasteiger partial charge is 1.00 e. The predicted molar refractivity (Wildman–Crippen MR) is 70.9 cm³/mol. The number of aliphatic hydroxyl groups excluding tert-OH is 1. The van der Waals surface area contributed by atoms with Crippen LogP contribution in [0.5, 0.6) is 0 Å². The fourth-order valence-electron chi connectivity index (χ4n) is 1.92.